The van der Waals surface area contributed by atoms with Gasteiger partial charge in [-0.3, -0.25) is 0 Å². The number of nitrogens with zero attached hydrogens (tertiary/aromatic N) is 1. The Bertz CT molecular complexity index is 524. The van der Waals surface area contributed by atoms with Crippen LogP contribution >= 0.6 is 23.5 Å². The molecule has 0 aliphatic carbocycles. The minimum atomic E-state index is -2.96. The number of nitriles is 1. The van der Waals surface area contributed by atoms with Gasteiger partial charge < -0.3 is 4.74 Å². The minimum absolute atomic E-state index is 0.00125. The molecular formula is C10H11NO4S3. The van der Waals surface area contributed by atoms with Gasteiger partial charge in [-0.15, -0.1) is 23.5 Å². The van der Waals surface area contributed by atoms with E-state index in [0.29, 0.717) is 4.24 Å². The van der Waals surface area contributed by atoms with Crippen molar-refractivity contribution in [2.75, 3.05) is 18.1 Å². The molecule has 2 rings (SSSR count). The number of esters is 1. The average Bonchev–Trinajstić information content (AvgIpc) is 2.72. The van der Waals surface area contributed by atoms with Gasteiger partial charge >= 0.3 is 5.97 Å². The molecule has 0 radical (unpaired) electrons. The van der Waals surface area contributed by atoms with Crippen molar-refractivity contribution in [3.05, 3.63) is 9.81 Å². The molecule has 0 spiro atoms. The maximum Gasteiger partial charge on any atom is 0.350 e. The van der Waals surface area contributed by atoms with Crippen LogP contribution in [0.2, 0.25) is 0 Å². The monoisotopic (exact) mass is 305 g/mol. The summed E-state index contributed by atoms with van der Waals surface area (Å²) in [5, 5.41) is 8.90. The van der Waals surface area contributed by atoms with E-state index in [2.05, 4.69) is 0 Å². The van der Waals surface area contributed by atoms with Crippen LogP contribution in [0.1, 0.15) is 6.92 Å². The molecule has 0 aromatic rings. The summed E-state index contributed by atoms with van der Waals surface area (Å²) in [5.41, 5.74) is -0.00125. The number of carbonyl (C=O) groups is 1. The Morgan fingerprint density at radius 2 is 2.00 bits per heavy atom. The van der Waals surface area contributed by atoms with Crippen molar-refractivity contribution >= 4 is 39.3 Å². The second-order valence-corrected chi connectivity index (χ2v) is 8.80. The largest absolute Gasteiger partial charge is 0.462 e. The van der Waals surface area contributed by atoms with Crippen molar-refractivity contribution in [1.82, 2.24) is 0 Å². The van der Waals surface area contributed by atoms with Crippen LogP contribution in [-0.2, 0) is 19.4 Å². The molecule has 2 atom stereocenters. The first-order valence-corrected chi connectivity index (χ1v) is 8.90. The van der Waals surface area contributed by atoms with E-state index in [1.165, 1.54) is 23.5 Å². The summed E-state index contributed by atoms with van der Waals surface area (Å²) < 4.78 is 28.3. The Morgan fingerprint density at radius 1 is 1.44 bits per heavy atom. The van der Waals surface area contributed by atoms with Crippen LogP contribution in [0.4, 0.5) is 0 Å². The lowest BCUT2D eigenvalue weighted by Gasteiger charge is -2.03. The van der Waals surface area contributed by atoms with E-state index in [-0.39, 0.29) is 34.2 Å². The van der Waals surface area contributed by atoms with E-state index in [0.717, 1.165) is 0 Å². The molecule has 2 saturated heterocycles. The molecule has 0 amide bonds. The third-order valence-electron chi connectivity index (χ3n) is 2.56. The zero-order chi connectivity index (χ0) is 13.3. The minimum Gasteiger partial charge on any atom is -0.462 e. The summed E-state index contributed by atoms with van der Waals surface area (Å²) in [6.07, 6.45) is 0. The molecule has 8 heteroatoms. The van der Waals surface area contributed by atoms with Gasteiger partial charge in [-0.2, -0.15) is 5.26 Å². The fourth-order valence-electron chi connectivity index (χ4n) is 1.80. The number of hydrogen-bond acceptors (Lipinski definition) is 7. The number of rotatable bonds is 2. The number of sulfone groups is 1. The lowest BCUT2D eigenvalue weighted by Crippen LogP contribution is -2.10. The Morgan fingerprint density at radius 3 is 2.44 bits per heavy atom. The van der Waals surface area contributed by atoms with Crippen molar-refractivity contribution in [2.24, 2.45) is 0 Å². The van der Waals surface area contributed by atoms with Gasteiger partial charge in [0, 0.05) is 10.5 Å². The van der Waals surface area contributed by atoms with Crippen molar-refractivity contribution in [3.8, 4) is 6.07 Å². The fourth-order valence-corrected chi connectivity index (χ4v) is 8.27. The van der Waals surface area contributed by atoms with Crippen molar-refractivity contribution in [1.29, 1.82) is 5.26 Å². The second-order valence-electron chi connectivity index (χ2n) is 3.88. The van der Waals surface area contributed by atoms with Crippen LogP contribution in [0.5, 0.6) is 0 Å². The second kappa shape index (κ2) is 5.15. The Kier molecular flexibility index (Phi) is 3.94. The van der Waals surface area contributed by atoms with E-state index in [1.807, 2.05) is 6.07 Å². The quantitative estimate of drug-likeness (QED) is 0.426. The Balaban J connectivity index is 2.18. The van der Waals surface area contributed by atoms with Gasteiger partial charge in [0.1, 0.15) is 6.07 Å². The smallest absolute Gasteiger partial charge is 0.350 e. The van der Waals surface area contributed by atoms with Crippen LogP contribution in [-0.4, -0.2) is 43.0 Å². The number of fused-ring (bicyclic) bond motifs is 1. The molecule has 2 aliphatic rings. The maximum absolute atomic E-state index is 11.6. The first-order chi connectivity index (χ1) is 8.46. The number of hydrogen-bond donors (Lipinski definition) is 0. The molecule has 2 heterocycles. The van der Waals surface area contributed by atoms with Crippen LogP contribution in [0.25, 0.3) is 0 Å². The molecular weight excluding hydrogens is 294 g/mol. The summed E-state index contributed by atoms with van der Waals surface area (Å²) in [7, 11) is -2.96. The zero-order valence-electron chi connectivity index (χ0n) is 9.58. The van der Waals surface area contributed by atoms with Crippen LogP contribution in [0.3, 0.4) is 0 Å². The first-order valence-electron chi connectivity index (χ1n) is 5.32. The standard InChI is InChI=1S/C10H11NO4S3/c1-2-15-9(12)6(3-11)10-16-7-4-18(13,14)5-8(7)17-10/h7-8H,2,4-5H2,1H3/t7-,8+. The van der Waals surface area contributed by atoms with E-state index in [1.54, 1.807) is 6.92 Å². The predicted molar refractivity (Wildman–Crippen MR) is 70.7 cm³/mol. The number of thioether (sulfide) groups is 2. The fraction of sp³-hybridized carbons (Fsp3) is 0.600. The molecule has 0 unspecified atom stereocenters. The molecule has 98 valence electrons. The number of ether oxygens (including phenoxy) is 1. The zero-order valence-corrected chi connectivity index (χ0v) is 12.0. The molecule has 5 nitrogen and oxygen atoms in total. The molecule has 2 aliphatic heterocycles. The molecule has 0 N–H and O–H groups in total. The highest BCUT2D eigenvalue weighted by Gasteiger charge is 2.45. The van der Waals surface area contributed by atoms with Gasteiger partial charge in [0.25, 0.3) is 0 Å². The van der Waals surface area contributed by atoms with Gasteiger partial charge in [-0.05, 0) is 6.92 Å². The normalized spacial score (nSPS) is 31.6. The average molecular weight is 305 g/mol. The van der Waals surface area contributed by atoms with E-state index in [4.69, 9.17) is 10.00 Å². The molecule has 2 fully saturated rings. The lowest BCUT2D eigenvalue weighted by molar-refractivity contribution is -0.138. The van der Waals surface area contributed by atoms with Crippen LogP contribution in [0, 0.1) is 11.3 Å². The highest BCUT2D eigenvalue weighted by atomic mass is 32.2. The lowest BCUT2D eigenvalue weighted by atomic mass is 10.3. The molecule has 0 aromatic carbocycles. The summed E-state index contributed by atoms with van der Waals surface area (Å²) in [6, 6.07) is 1.85. The summed E-state index contributed by atoms with van der Waals surface area (Å²) in [5.74, 6) is -0.376. The molecule has 0 aromatic heterocycles. The van der Waals surface area contributed by atoms with E-state index < -0.39 is 15.8 Å². The third-order valence-corrected chi connectivity index (χ3v) is 7.90. The van der Waals surface area contributed by atoms with Crippen LogP contribution in [0.15, 0.2) is 9.81 Å². The highest BCUT2D eigenvalue weighted by Crippen LogP contribution is 2.52. The topological polar surface area (TPSA) is 84.2 Å². The van der Waals surface area contributed by atoms with Gasteiger partial charge in [0.2, 0.25) is 0 Å². The van der Waals surface area contributed by atoms with Crippen molar-refractivity contribution < 1.29 is 17.9 Å². The molecule has 0 saturated carbocycles. The van der Waals surface area contributed by atoms with Crippen LogP contribution < -0.4 is 0 Å². The van der Waals surface area contributed by atoms with E-state index >= 15 is 0 Å². The molecule has 0 bridgehead atoms. The maximum atomic E-state index is 11.6. The predicted octanol–water partition coefficient (Wildman–Crippen LogP) is 0.930. The Hall–Kier alpha value is -0.650. The number of carbonyl (C=O) groups excluding carboxylic acids is 1. The summed E-state index contributed by atoms with van der Waals surface area (Å²) in [6.45, 7) is 1.89. The Labute approximate surface area is 114 Å². The molecule has 18 heavy (non-hydrogen) atoms. The van der Waals surface area contributed by atoms with Gasteiger partial charge in [0.15, 0.2) is 15.4 Å². The van der Waals surface area contributed by atoms with Gasteiger partial charge in [0.05, 0.1) is 22.3 Å². The SMILES string of the molecule is CCOC(=O)C(C#N)=C1S[C@H]2CS(=O)(=O)C[C@H]2S1. The summed E-state index contributed by atoms with van der Waals surface area (Å²) >= 11 is 2.62. The third kappa shape index (κ3) is 2.68. The highest BCUT2D eigenvalue weighted by molar-refractivity contribution is 8.26. The van der Waals surface area contributed by atoms with Gasteiger partial charge in [-0.1, -0.05) is 0 Å². The van der Waals surface area contributed by atoms with Gasteiger partial charge in [-0.25, -0.2) is 13.2 Å². The van der Waals surface area contributed by atoms with Crippen molar-refractivity contribution in [3.63, 3.8) is 0 Å². The van der Waals surface area contributed by atoms with Crippen molar-refractivity contribution in [2.45, 2.75) is 17.4 Å². The van der Waals surface area contributed by atoms with E-state index in [9.17, 15) is 13.2 Å². The first kappa shape index (κ1) is 13.8. The summed E-state index contributed by atoms with van der Waals surface area (Å²) in [4.78, 5) is 11.6.